The summed E-state index contributed by atoms with van der Waals surface area (Å²) in [6, 6.07) is 3.83. The van der Waals surface area contributed by atoms with E-state index in [9.17, 15) is 0 Å². The fraction of sp³-hybridized carbons (Fsp3) is 0.438. The molecule has 1 aliphatic rings. The van der Waals surface area contributed by atoms with Gasteiger partial charge in [-0.25, -0.2) is 4.98 Å². The number of hydrogen-bond donors (Lipinski definition) is 0. The summed E-state index contributed by atoms with van der Waals surface area (Å²) in [6.07, 6.45) is 3.84. The van der Waals surface area contributed by atoms with E-state index in [1.807, 2.05) is 19.1 Å². The summed E-state index contributed by atoms with van der Waals surface area (Å²) in [7, 11) is 0. The summed E-state index contributed by atoms with van der Waals surface area (Å²) in [5.74, 6) is 3.52. The minimum Gasteiger partial charge on any atom is -0.355 e. The summed E-state index contributed by atoms with van der Waals surface area (Å²) in [4.78, 5) is 15.5. The third kappa shape index (κ3) is 2.75. The second kappa shape index (κ2) is 6.03. The van der Waals surface area contributed by atoms with Crippen LogP contribution < -0.4 is 4.90 Å². The Balaban J connectivity index is 1.64. The number of pyridine rings is 1. The topological polar surface area (TPSA) is 94.0 Å². The lowest BCUT2D eigenvalue weighted by Crippen LogP contribution is -2.35. The van der Waals surface area contributed by atoms with E-state index in [1.165, 1.54) is 0 Å². The van der Waals surface area contributed by atoms with E-state index in [2.05, 4.69) is 30.2 Å². The molecule has 0 bridgehead atoms. The number of piperidine rings is 1. The molecule has 3 aromatic heterocycles. The van der Waals surface area contributed by atoms with Crippen molar-refractivity contribution in [3.63, 3.8) is 0 Å². The average Bonchev–Trinajstić information content (AvgIpc) is 3.23. The molecule has 1 fully saturated rings. The van der Waals surface area contributed by atoms with Crippen molar-refractivity contribution in [2.24, 2.45) is 0 Å². The maximum atomic E-state index is 5.36. The van der Waals surface area contributed by atoms with Gasteiger partial charge in [-0.2, -0.15) is 9.97 Å². The van der Waals surface area contributed by atoms with E-state index in [-0.39, 0.29) is 5.92 Å². The molecule has 0 aliphatic carbocycles. The first-order chi connectivity index (χ1) is 11.7. The van der Waals surface area contributed by atoms with Gasteiger partial charge in [0, 0.05) is 19.3 Å². The van der Waals surface area contributed by atoms with Gasteiger partial charge in [-0.05, 0) is 38.8 Å². The van der Waals surface area contributed by atoms with Crippen LogP contribution in [0.25, 0.3) is 11.5 Å². The minimum atomic E-state index is 0.208. The van der Waals surface area contributed by atoms with Crippen LogP contribution in [0.3, 0.4) is 0 Å². The van der Waals surface area contributed by atoms with E-state index in [0.29, 0.717) is 23.4 Å². The number of aromatic nitrogens is 5. The Hall–Kier alpha value is -2.77. The maximum Gasteiger partial charge on any atom is 0.261 e. The molecule has 1 aliphatic heterocycles. The summed E-state index contributed by atoms with van der Waals surface area (Å²) in [5, 5.41) is 7.78. The Morgan fingerprint density at radius 3 is 2.71 bits per heavy atom. The third-order valence-corrected chi connectivity index (χ3v) is 4.16. The highest BCUT2D eigenvalue weighted by Crippen LogP contribution is 2.33. The molecule has 3 aromatic rings. The van der Waals surface area contributed by atoms with Gasteiger partial charge in [0.15, 0.2) is 11.6 Å². The molecule has 8 heteroatoms. The zero-order chi connectivity index (χ0) is 16.5. The van der Waals surface area contributed by atoms with Crippen molar-refractivity contribution in [1.29, 1.82) is 0 Å². The molecule has 0 radical (unpaired) electrons. The van der Waals surface area contributed by atoms with Crippen LogP contribution in [0.15, 0.2) is 27.4 Å². The van der Waals surface area contributed by atoms with Gasteiger partial charge in [-0.3, -0.25) is 0 Å². The molecular weight excluding hydrogens is 308 g/mol. The number of nitrogens with zero attached hydrogens (tertiary/aromatic N) is 6. The number of aryl methyl sites for hydroxylation is 2. The van der Waals surface area contributed by atoms with Crippen LogP contribution >= 0.6 is 0 Å². The van der Waals surface area contributed by atoms with Crippen LogP contribution in [0, 0.1) is 13.8 Å². The van der Waals surface area contributed by atoms with Crippen LogP contribution in [0.2, 0.25) is 0 Å². The monoisotopic (exact) mass is 326 g/mol. The van der Waals surface area contributed by atoms with Gasteiger partial charge in [0.25, 0.3) is 5.89 Å². The molecule has 0 aromatic carbocycles. The molecule has 4 heterocycles. The van der Waals surface area contributed by atoms with Crippen LogP contribution in [0.1, 0.15) is 36.3 Å². The quantitative estimate of drug-likeness (QED) is 0.724. The molecule has 4 rings (SSSR count). The van der Waals surface area contributed by atoms with Gasteiger partial charge in [0.1, 0.15) is 5.82 Å². The molecule has 8 nitrogen and oxygen atoms in total. The van der Waals surface area contributed by atoms with Crippen LogP contribution in [-0.2, 0) is 0 Å². The average molecular weight is 326 g/mol. The maximum absolute atomic E-state index is 5.36. The van der Waals surface area contributed by atoms with Gasteiger partial charge in [-0.15, -0.1) is 0 Å². The predicted molar refractivity (Wildman–Crippen MR) is 85.5 cm³/mol. The van der Waals surface area contributed by atoms with Crippen LogP contribution in [-0.4, -0.2) is 38.4 Å². The Labute approximate surface area is 138 Å². The lowest BCUT2D eigenvalue weighted by molar-refractivity contribution is 0.331. The van der Waals surface area contributed by atoms with Gasteiger partial charge in [0.2, 0.25) is 5.89 Å². The van der Waals surface area contributed by atoms with Crippen molar-refractivity contribution >= 4 is 5.82 Å². The smallest absolute Gasteiger partial charge is 0.261 e. The number of anilines is 1. The van der Waals surface area contributed by atoms with Crippen molar-refractivity contribution in [2.45, 2.75) is 32.6 Å². The van der Waals surface area contributed by atoms with E-state index in [4.69, 9.17) is 9.05 Å². The molecule has 1 atom stereocenters. The SMILES string of the molecule is Cc1noc(-c2cccnc2N2CCCC(c3nc(C)no3)C2)n1. The van der Waals surface area contributed by atoms with E-state index >= 15 is 0 Å². The normalized spacial score (nSPS) is 18.1. The molecule has 24 heavy (non-hydrogen) atoms. The second-order valence-corrected chi connectivity index (χ2v) is 5.99. The molecule has 1 unspecified atom stereocenters. The fourth-order valence-corrected chi connectivity index (χ4v) is 3.07. The number of hydrogen-bond acceptors (Lipinski definition) is 8. The molecule has 0 N–H and O–H groups in total. The number of rotatable bonds is 3. The first-order valence-corrected chi connectivity index (χ1v) is 8.01. The van der Waals surface area contributed by atoms with Crippen molar-refractivity contribution < 1.29 is 9.05 Å². The van der Waals surface area contributed by atoms with Crippen LogP contribution in [0.4, 0.5) is 5.82 Å². The first kappa shape index (κ1) is 14.8. The minimum absolute atomic E-state index is 0.208. The second-order valence-electron chi connectivity index (χ2n) is 5.99. The molecule has 124 valence electrons. The molecular formula is C16H18N6O2. The van der Waals surface area contributed by atoms with E-state index < -0.39 is 0 Å². The highest BCUT2D eigenvalue weighted by molar-refractivity contribution is 5.69. The van der Waals surface area contributed by atoms with Gasteiger partial charge in [0.05, 0.1) is 11.5 Å². The standard InChI is InChI=1S/C16H18N6O2/c1-10-18-15(23-20-10)12-5-4-8-22(9-12)14-13(6-3-7-17-14)16-19-11(2)21-24-16/h3,6-7,12H,4-5,8-9H2,1-2H3. The molecule has 0 spiro atoms. The zero-order valence-corrected chi connectivity index (χ0v) is 13.6. The lowest BCUT2D eigenvalue weighted by atomic mass is 9.97. The van der Waals surface area contributed by atoms with Gasteiger partial charge < -0.3 is 13.9 Å². The first-order valence-electron chi connectivity index (χ1n) is 8.01. The Bertz CT molecular complexity index is 842. The van der Waals surface area contributed by atoms with E-state index in [1.54, 1.807) is 13.1 Å². The summed E-state index contributed by atoms with van der Waals surface area (Å²) >= 11 is 0. The summed E-state index contributed by atoms with van der Waals surface area (Å²) < 4.78 is 10.7. The van der Waals surface area contributed by atoms with Gasteiger partial charge in [-0.1, -0.05) is 10.3 Å². The largest absolute Gasteiger partial charge is 0.355 e. The van der Waals surface area contributed by atoms with Gasteiger partial charge >= 0.3 is 0 Å². The predicted octanol–water partition coefficient (Wildman–Crippen LogP) is 2.52. The van der Waals surface area contributed by atoms with Crippen molar-refractivity contribution in [1.82, 2.24) is 25.3 Å². The lowest BCUT2D eigenvalue weighted by Gasteiger charge is -2.32. The summed E-state index contributed by atoms with van der Waals surface area (Å²) in [5.41, 5.74) is 0.848. The Kier molecular flexibility index (Phi) is 3.72. The third-order valence-electron chi connectivity index (χ3n) is 4.16. The molecule has 1 saturated heterocycles. The van der Waals surface area contributed by atoms with Crippen molar-refractivity contribution in [2.75, 3.05) is 18.0 Å². The Morgan fingerprint density at radius 2 is 1.96 bits per heavy atom. The zero-order valence-electron chi connectivity index (χ0n) is 13.6. The highest BCUT2D eigenvalue weighted by atomic mass is 16.5. The Morgan fingerprint density at radius 1 is 1.12 bits per heavy atom. The van der Waals surface area contributed by atoms with Crippen molar-refractivity contribution in [3.05, 3.63) is 35.9 Å². The van der Waals surface area contributed by atoms with Crippen LogP contribution in [0.5, 0.6) is 0 Å². The summed E-state index contributed by atoms with van der Waals surface area (Å²) in [6.45, 7) is 5.33. The molecule has 0 saturated carbocycles. The van der Waals surface area contributed by atoms with E-state index in [0.717, 1.165) is 37.3 Å². The van der Waals surface area contributed by atoms with Crippen molar-refractivity contribution in [3.8, 4) is 11.5 Å². The molecule has 0 amide bonds. The fourth-order valence-electron chi connectivity index (χ4n) is 3.07. The highest BCUT2D eigenvalue weighted by Gasteiger charge is 2.28.